The molecule has 0 aromatic carbocycles. The number of hydrogen-bond donors (Lipinski definition) is 2. The van der Waals surface area contributed by atoms with Crippen LogP contribution in [0.5, 0.6) is 0 Å². The number of nitrogens with zero attached hydrogens (tertiary/aromatic N) is 3. The zero-order valence-electron chi connectivity index (χ0n) is 14.6. The number of carbonyl (C=O) groups excluding carboxylic acids is 1. The first-order valence-corrected chi connectivity index (χ1v) is 10.4. The van der Waals surface area contributed by atoms with Gasteiger partial charge in [0, 0.05) is 49.9 Å². The molecule has 9 heteroatoms. The Morgan fingerprint density at radius 2 is 2.44 bits per heavy atom. The van der Waals surface area contributed by atoms with Crippen LogP contribution in [0.1, 0.15) is 32.6 Å². The van der Waals surface area contributed by atoms with Crippen LogP contribution in [-0.4, -0.2) is 53.7 Å². The maximum absolute atomic E-state index is 11.2. The van der Waals surface area contributed by atoms with Gasteiger partial charge in [0.2, 0.25) is 5.91 Å². The van der Waals surface area contributed by atoms with Gasteiger partial charge in [-0.05, 0) is 32.1 Å². The van der Waals surface area contributed by atoms with E-state index in [9.17, 15) is 4.79 Å². The van der Waals surface area contributed by atoms with Crippen LogP contribution in [0.3, 0.4) is 0 Å². The molecule has 1 aliphatic rings. The van der Waals surface area contributed by atoms with Crippen LogP contribution in [0.2, 0.25) is 0 Å². The lowest BCUT2D eigenvalue weighted by Crippen LogP contribution is -2.47. The third kappa shape index (κ3) is 8.59. The van der Waals surface area contributed by atoms with Crippen LogP contribution in [0.4, 0.5) is 0 Å². The molecule has 25 heavy (non-hydrogen) atoms. The molecule has 6 nitrogen and oxygen atoms in total. The lowest BCUT2D eigenvalue weighted by molar-refractivity contribution is -0.119. The van der Waals surface area contributed by atoms with E-state index in [1.165, 1.54) is 0 Å². The predicted octanol–water partition coefficient (Wildman–Crippen LogP) is 2.80. The van der Waals surface area contributed by atoms with Crippen LogP contribution in [0.25, 0.3) is 0 Å². The standard InChI is InChI=1S/C16H27N5OS2.HI/c1-2-18-15(19-6-4-9-23-16-20-7-10-24-16)21-8-3-5-13(12-21)11-14(17)22;/h7,10,13H,2-6,8-9,11-12H2,1H3,(H2,17,22)(H,18,19);1H. The molecule has 1 fully saturated rings. The van der Waals surface area contributed by atoms with Crippen LogP contribution >= 0.6 is 47.1 Å². The summed E-state index contributed by atoms with van der Waals surface area (Å²) < 4.78 is 1.12. The number of aliphatic imine (C=N–C) groups is 1. The highest BCUT2D eigenvalue weighted by Gasteiger charge is 2.23. The number of guanidine groups is 1. The Morgan fingerprint density at radius 1 is 1.60 bits per heavy atom. The number of hydrogen-bond acceptors (Lipinski definition) is 5. The molecule has 1 aromatic rings. The van der Waals surface area contributed by atoms with Crippen molar-refractivity contribution in [1.29, 1.82) is 0 Å². The minimum absolute atomic E-state index is 0. The molecule has 142 valence electrons. The van der Waals surface area contributed by atoms with E-state index in [0.29, 0.717) is 12.3 Å². The Bertz CT molecular complexity index is 527. The van der Waals surface area contributed by atoms with Gasteiger partial charge in [0.25, 0.3) is 0 Å². The van der Waals surface area contributed by atoms with E-state index in [4.69, 9.17) is 10.7 Å². The number of halogens is 1. The van der Waals surface area contributed by atoms with Crippen molar-refractivity contribution in [2.75, 3.05) is 31.9 Å². The van der Waals surface area contributed by atoms with Crippen LogP contribution < -0.4 is 11.1 Å². The molecule has 1 aromatic heterocycles. The first-order chi connectivity index (χ1) is 11.7. The molecule has 0 radical (unpaired) electrons. The summed E-state index contributed by atoms with van der Waals surface area (Å²) in [5.74, 6) is 2.13. The highest BCUT2D eigenvalue weighted by Crippen LogP contribution is 2.21. The minimum atomic E-state index is -0.206. The fourth-order valence-electron chi connectivity index (χ4n) is 2.83. The van der Waals surface area contributed by atoms with Crippen LogP contribution in [0.15, 0.2) is 20.9 Å². The molecule has 0 spiro atoms. The SMILES string of the molecule is CCNC(=NCCCSc1nccs1)N1CCCC(CC(N)=O)C1.I. The number of carbonyl (C=O) groups is 1. The molecule has 0 saturated carbocycles. The summed E-state index contributed by atoms with van der Waals surface area (Å²) in [7, 11) is 0. The molecular weight excluding hydrogens is 469 g/mol. The van der Waals surface area contributed by atoms with Crippen molar-refractivity contribution < 1.29 is 4.79 Å². The van der Waals surface area contributed by atoms with Gasteiger partial charge in [-0.2, -0.15) is 0 Å². The number of likely N-dealkylation sites (tertiary alicyclic amines) is 1. The Labute approximate surface area is 175 Å². The zero-order valence-corrected chi connectivity index (χ0v) is 18.6. The second-order valence-corrected chi connectivity index (χ2v) is 8.10. The van der Waals surface area contributed by atoms with Crippen molar-refractivity contribution in [1.82, 2.24) is 15.2 Å². The third-order valence-electron chi connectivity index (χ3n) is 3.84. The number of primary amides is 1. The Morgan fingerprint density at radius 3 is 3.12 bits per heavy atom. The Hall–Kier alpha value is -0.550. The summed E-state index contributed by atoms with van der Waals surface area (Å²) in [5.41, 5.74) is 5.35. The quantitative estimate of drug-likeness (QED) is 0.190. The van der Waals surface area contributed by atoms with Crippen molar-refractivity contribution in [2.45, 2.75) is 36.9 Å². The normalized spacial score (nSPS) is 17.9. The highest BCUT2D eigenvalue weighted by atomic mass is 127. The van der Waals surface area contributed by atoms with E-state index in [-0.39, 0.29) is 29.9 Å². The van der Waals surface area contributed by atoms with E-state index in [1.54, 1.807) is 23.1 Å². The highest BCUT2D eigenvalue weighted by molar-refractivity contribution is 14.0. The van der Waals surface area contributed by atoms with E-state index in [0.717, 1.165) is 61.5 Å². The first kappa shape index (κ1) is 22.5. The third-order valence-corrected chi connectivity index (χ3v) is 5.89. The summed E-state index contributed by atoms with van der Waals surface area (Å²) in [5, 5.41) is 5.38. The number of thioether (sulfide) groups is 1. The number of aromatic nitrogens is 1. The molecule has 1 atom stereocenters. The molecule has 1 unspecified atom stereocenters. The molecule has 1 aliphatic heterocycles. The summed E-state index contributed by atoms with van der Waals surface area (Å²) in [6.07, 6.45) is 5.50. The fraction of sp³-hybridized carbons (Fsp3) is 0.688. The zero-order chi connectivity index (χ0) is 17.2. The predicted molar refractivity (Wildman–Crippen MR) is 117 cm³/mol. The molecule has 0 aliphatic carbocycles. The molecular formula is C16H28IN5OS2. The van der Waals surface area contributed by atoms with E-state index in [1.807, 2.05) is 11.6 Å². The van der Waals surface area contributed by atoms with E-state index >= 15 is 0 Å². The second-order valence-electron chi connectivity index (χ2n) is 5.86. The van der Waals surface area contributed by atoms with E-state index < -0.39 is 0 Å². The number of rotatable bonds is 8. The van der Waals surface area contributed by atoms with Crippen molar-refractivity contribution in [3.05, 3.63) is 11.6 Å². The molecule has 2 rings (SSSR count). The van der Waals surface area contributed by atoms with E-state index in [2.05, 4.69) is 22.1 Å². The Balaban J connectivity index is 0.00000312. The lowest BCUT2D eigenvalue weighted by Gasteiger charge is -2.34. The fourth-order valence-corrected chi connectivity index (χ4v) is 4.46. The molecule has 2 heterocycles. The number of piperidine rings is 1. The first-order valence-electron chi connectivity index (χ1n) is 8.53. The number of thiazole rings is 1. The van der Waals surface area contributed by atoms with Gasteiger partial charge in [0.05, 0.1) is 0 Å². The Kier molecular flexibility index (Phi) is 11.5. The summed E-state index contributed by atoms with van der Waals surface area (Å²) in [4.78, 5) is 22.5. The molecule has 0 bridgehead atoms. The minimum Gasteiger partial charge on any atom is -0.370 e. The summed E-state index contributed by atoms with van der Waals surface area (Å²) in [6.45, 7) is 5.59. The van der Waals surface area contributed by atoms with Crippen LogP contribution in [-0.2, 0) is 4.79 Å². The van der Waals surface area contributed by atoms with Gasteiger partial charge in [0.1, 0.15) is 4.34 Å². The van der Waals surface area contributed by atoms with Gasteiger partial charge < -0.3 is 16.0 Å². The number of amides is 1. The van der Waals surface area contributed by atoms with Gasteiger partial charge >= 0.3 is 0 Å². The topological polar surface area (TPSA) is 83.6 Å². The van der Waals surface area contributed by atoms with Crippen molar-refractivity contribution >= 4 is 58.9 Å². The van der Waals surface area contributed by atoms with Gasteiger partial charge in [0.15, 0.2) is 5.96 Å². The smallest absolute Gasteiger partial charge is 0.217 e. The van der Waals surface area contributed by atoms with Crippen LogP contribution in [0, 0.1) is 5.92 Å². The van der Waals surface area contributed by atoms with Crippen molar-refractivity contribution in [3.63, 3.8) is 0 Å². The summed E-state index contributed by atoms with van der Waals surface area (Å²) in [6, 6.07) is 0. The summed E-state index contributed by atoms with van der Waals surface area (Å²) >= 11 is 3.47. The van der Waals surface area contributed by atoms with Crippen molar-refractivity contribution in [2.24, 2.45) is 16.6 Å². The number of nitrogens with two attached hydrogens (primary N) is 1. The second kappa shape index (κ2) is 12.7. The largest absolute Gasteiger partial charge is 0.370 e. The van der Waals surface area contributed by atoms with Gasteiger partial charge in [-0.15, -0.1) is 35.3 Å². The van der Waals surface area contributed by atoms with Gasteiger partial charge in [-0.3, -0.25) is 9.79 Å². The average molecular weight is 497 g/mol. The maximum atomic E-state index is 11.2. The van der Waals surface area contributed by atoms with Gasteiger partial charge in [-0.25, -0.2) is 4.98 Å². The van der Waals surface area contributed by atoms with Crippen molar-refractivity contribution in [3.8, 4) is 0 Å². The maximum Gasteiger partial charge on any atom is 0.217 e. The van der Waals surface area contributed by atoms with Gasteiger partial charge in [-0.1, -0.05) is 11.8 Å². The lowest BCUT2D eigenvalue weighted by atomic mass is 9.95. The molecule has 1 amide bonds. The monoisotopic (exact) mass is 497 g/mol. The molecule has 1 saturated heterocycles. The average Bonchev–Trinajstić information content (AvgIpc) is 3.06. The number of nitrogens with one attached hydrogen (secondary N) is 1. The molecule has 3 N–H and O–H groups in total.